The first kappa shape index (κ1) is 25.6. The van der Waals surface area contributed by atoms with Crippen LogP contribution in [-0.4, -0.2) is 42.4 Å². The number of nitrogens with zero attached hydrogens (tertiary/aromatic N) is 2. The van der Waals surface area contributed by atoms with E-state index in [-0.39, 0.29) is 23.6 Å². The number of hydrogen-bond acceptors (Lipinski definition) is 8. The number of methoxy groups -OCH3 is 1. The van der Waals surface area contributed by atoms with Crippen LogP contribution in [0.25, 0.3) is 6.08 Å². The molecular weight excluding hydrogens is 496 g/mol. The second-order valence-corrected chi connectivity index (χ2v) is 7.87. The molecule has 0 atom stereocenters. The maximum Gasteiger partial charge on any atom is 0.335 e. The lowest BCUT2D eigenvalue weighted by atomic mass is 10.1. The van der Waals surface area contributed by atoms with E-state index in [1.165, 1.54) is 31.4 Å². The molecule has 3 aromatic rings. The number of carbonyl (C=O) groups excluding carboxylic acids is 4. The third-order valence-corrected chi connectivity index (χ3v) is 5.33. The predicted molar refractivity (Wildman–Crippen MR) is 136 cm³/mol. The van der Waals surface area contributed by atoms with Crippen LogP contribution in [0.15, 0.2) is 78.4 Å². The number of ether oxygens (including phenoxy) is 2. The van der Waals surface area contributed by atoms with Crippen molar-refractivity contribution >= 4 is 46.9 Å². The number of rotatable bonds is 8. The Morgan fingerprint density at radius 1 is 1.03 bits per heavy atom. The number of urea groups is 1. The van der Waals surface area contributed by atoms with Crippen molar-refractivity contribution < 1.29 is 33.6 Å². The second kappa shape index (κ2) is 11.0. The maximum absolute atomic E-state index is 13.0. The average molecular weight is 516 g/mol. The zero-order valence-corrected chi connectivity index (χ0v) is 19.9. The van der Waals surface area contributed by atoms with Gasteiger partial charge in [-0.3, -0.25) is 29.8 Å². The molecule has 38 heavy (non-hydrogen) atoms. The lowest BCUT2D eigenvalue weighted by molar-refractivity contribution is -0.384. The van der Waals surface area contributed by atoms with Crippen LogP contribution < -0.4 is 25.0 Å². The molecule has 0 radical (unpaired) electrons. The largest absolute Gasteiger partial charge is 0.497 e. The predicted octanol–water partition coefficient (Wildman–Crippen LogP) is 3.29. The fourth-order valence-electron chi connectivity index (χ4n) is 3.50. The van der Waals surface area contributed by atoms with Crippen LogP contribution in [0.3, 0.4) is 0 Å². The monoisotopic (exact) mass is 516 g/mol. The number of benzene rings is 3. The number of carbonyl (C=O) groups is 4. The molecule has 1 aliphatic rings. The number of nitro groups is 1. The third kappa shape index (κ3) is 5.82. The van der Waals surface area contributed by atoms with E-state index in [0.717, 1.165) is 12.1 Å². The van der Waals surface area contributed by atoms with Gasteiger partial charge in [0.15, 0.2) is 6.61 Å². The molecule has 5 amide bonds. The van der Waals surface area contributed by atoms with Crippen LogP contribution in [-0.2, 0) is 14.4 Å². The zero-order chi connectivity index (χ0) is 27.2. The summed E-state index contributed by atoms with van der Waals surface area (Å²) in [6.45, 7) is -0.298. The van der Waals surface area contributed by atoms with Gasteiger partial charge in [-0.15, -0.1) is 0 Å². The number of nitro benzene ring substituents is 1. The number of barbiturate groups is 1. The van der Waals surface area contributed by atoms with Gasteiger partial charge in [0.1, 0.15) is 17.1 Å². The van der Waals surface area contributed by atoms with E-state index in [9.17, 15) is 29.3 Å². The Labute approximate surface area is 215 Å². The minimum Gasteiger partial charge on any atom is -0.497 e. The molecule has 3 aromatic carbocycles. The summed E-state index contributed by atoms with van der Waals surface area (Å²) in [6, 6.07) is 16.8. The molecule has 0 spiro atoms. The van der Waals surface area contributed by atoms with E-state index in [0.29, 0.717) is 27.6 Å². The first-order chi connectivity index (χ1) is 18.2. The fraction of sp³-hybridized carbons (Fsp3) is 0.0769. The molecule has 0 unspecified atom stereocenters. The van der Waals surface area contributed by atoms with Gasteiger partial charge in [0.05, 0.1) is 17.7 Å². The van der Waals surface area contributed by atoms with Crippen molar-refractivity contribution in [2.75, 3.05) is 23.9 Å². The minimum absolute atomic E-state index is 0.0523. The summed E-state index contributed by atoms with van der Waals surface area (Å²) in [5.74, 6) is -1.26. The normalized spacial score (nSPS) is 14.2. The lowest BCUT2D eigenvalue weighted by Gasteiger charge is -2.26. The summed E-state index contributed by atoms with van der Waals surface area (Å²) >= 11 is 0. The van der Waals surface area contributed by atoms with Crippen LogP contribution >= 0.6 is 0 Å². The average Bonchev–Trinajstić information content (AvgIpc) is 2.91. The van der Waals surface area contributed by atoms with Crippen molar-refractivity contribution in [3.63, 3.8) is 0 Å². The van der Waals surface area contributed by atoms with Gasteiger partial charge in [-0.25, -0.2) is 9.69 Å². The van der Waals surface area contributed by atoms with Gasteiger partial charge < -0.3 is 14.8 Å². The van der Waals surface area contributed by atoms with Crippen molar-refractivity contribution in [2.24, 2.45) is 0 Å². The summed E-state index contributed by atoms with van der Waals surface area (Å²) in [5.41, 5.74) is 0.454. The van der Waals surface area contributed by atoms with Gasteiger partial charge in [0.2, 0.25) is 0 Å². The highest BCUT2D eigenvalue weighted by atomic mass is 16.6. The van der Waals surface area contributed by atoms with Gasteiger partial charge >= 0.3 is 6.03 Å². The number of imide groups is 2. The highest BCUT2D eigenvalue weighted by molar-refractivity contribution is 6.39. The molecule has 1 saturated heterocycles. The van der Waals surface area contributed by atoms with Crippen LogP contribution in [0.2, 0.25) is 0 Å². The number of anilines is 2. The van der Waals surface area contributed by atoms with E-state index in [4.69, 9.17) is 9.47 Å². The summed E-state index contributed by atoms with van der Waals surface area (Å²) in [5, 5.41) is 15.7. The Balaban J connectivity index is 1.46. The van der Waals surface area contributed by atoms with E-state index in [2.05, 4.69) is 10.6 Å². The molecule has 2 N–H and O–H groups in total. The molecule has 1 fully saturated rings. The first-order valence-electron chi connectivity index (χ1n) is 11.1. The molecule has 0 aromatic heterocycles. The van der Waals surface area contributed by atoms with E-state index >= 15 is 0 Å². The standard InChI is InChI=1S/C26H20N4O8/c1-37-20-11-5-17(6-12-20)27-23(31)15-38-21-4-2-3-16(13-21)14-22-24(32)28-26(34)29(25(22)33)18-7-9-19(10-8-18)30(35)36/h2-14H,15H2,1H3,(H,27,31)(H,28,32,34)/b22-14-. The van der Waals surface area contributed by atoms with E-state index in [1.807, 2.05) is 0 Å². The van der Waals surface area contributed by atoms with Gasteiger partial charge in [-0.1, -0.05) is 12.1 Å². The van der Waals surface area contributed by atoms with Crippen molar-refractivity contribution in [1.82, 2.24) is 5.32 Å². The Morgan fingerprint density at radius 2 is 1.74 bits per heavy atom. The third-order valence-electron chi connectivity index (χ3n) is 5.33. The van der Waals surface area contributed by atoms with Gasteiger partial charge in [0.25, 0.3) is 23.4 Å². The summed E-state index contributed by atoms with van der Waals surface area (Å²) in [4.78, 5) is 61.0. The Morgan fingerprint density at radius 3 is 2.39 bits per heavy atom. The number of hydrogen-bond donors (Lipinski definition) is 2. The number of non-ortho nitro benzene ring substituents is 1. The first-order valence-corrected chi connectivity index (χ1v) is 11.1. The molecule has 0 bridgehead atoms. The second-order valence-electron chi connectivity index (χ2n) is 7.87. The molecule has 192 valence electrons. The smallest absolute Gasteiger partial charge is 0.335 e. The number of nitrogens with one attached hydrogen (secondary N) is 2. The van der Waals surface area contributed by atoms with Crippen molar-refractivity contribution in [3.05, 3.63) is 94.0 Å². The maximum atomic E-state index is 13.0. The zero-order valence-electron chi connectivity index (χ0n) is 19.9. The van der Waals surface area contributed by atoms with Crippen molar-refractivity contribution in [3.8, 4) is 11.5 Å². The molecule has 1 aliphatic heterocycles. The van der Waals surface area contributed by atoms with Gasteiger partial charge in [-0.2, -0.15) is 0 Å². The van der Waals surface area contributed by atoms with Crippen molar-refractivity contribution in [1.29, 1.82) is 0 Å². The summed E-state index contributed by atoms with van der Waals surface area (Å²) in [6.07, 6.45) is 1.27. The molecule has 4 rings (SSSR count). The molecule has 12 nitrogen and oxygen atoms in total. The van der Waals surface area contributed by atoms with Crippen LogP contribution in [0, 0.1) is 10.1 Å². The molecule has 1 heterocycles. The molecule has 0 saturated carbocycles. The molecule has 0 aliphatic carbocycles. The summed E-state index contributed by atoms with van der Waals surface area (Å²) in [7, 11) is 1.54. The quantitative estimate of drug-likeness (QED) is 0.200. The molecule has 12 heteroatoms. The van der Waals surface area contributed by atoms with Crippen LogP contribution in [0.1, 0.15) is 5.56 Å². The highest BCUT2D eigenvalue weighted by Gasteiger charge is 2.37. The fourth-order valence-corrected chi connectivity index (χ4v) is 3.50. The topological polar surface area (TPSA) is 157 Å². The van der Waals surface area contributed by atoms with E-state index in [1.54, 1.807) is 42.5 Å². The van der Waals surface area contributed by atoms with Crippen molar-refractivity contribution in [2.45, 2.75) is 0 Å². The molecular formula is C26H20N4O8. The van der Waals surface area contributed by atoms with Crippen LogP contribution in [0.4, 0.5) is 21.9 Å². The summed E-state index contributed by atoms with van der Waals surface area (Å²) < 4.78 is 10.6. The van der Waals surface area contributed by atoms with Gasteiger partial charge in [-0.05, 0) is 60.2 Å². The SMILES string of the molecule is COc1ccc(NC(=O)COc2cccc(/C=C3/C(=O)NC(=O)N(c4ccc([N+](=O)[O-])cc4)C3=O)c2)cc1. The van der Waals surface area contributed by atoms with Gasteiger partial charge in [0, 0.05) is 17.8 Å². The van der Waals surface area contributed by atoms with E-state index < -0.39 is 28.7 Å². The Kier molecular flexibility index (Phi) is 7.43. The minimum atomic E-state index is -0.981. The number of amides is 5. The Hall–Kier alpha value is -5.52. The highest BCUT2D eigenvalue weighted by Crippen LogP contribution is 2.25. The lowest BCUT2D eigenvalue weighted by Crippen LogP contribution is -2.54. The Bertz CT molecular complexity index is 1450. The van der Waals surface area contributed by atoms with Crippen LogP contribution in [0.5, 0.6) is 11.5 Å².